The van der Waals surface area contributed by atoms with Gasteiger partial charge in [-0.15, -0.1) is 0 Å². The highest BCUT2D eigenvalue weighted by Gasteiger charge is 2.44. The van der Waals surface area contributed by atoms with Gasteiger partial charge in [0.25, 0.3) is 5.91 Å². The lowest BCUT2D eigenvalue weighted by Crippen LogP contribution is -2.67. The minimum atomic E-state index is -1.36. The minimum absolute atomic E-state index is 0.0582. The fourth-order valence-electron chi connectivity index (χ4n) is 4.77. The molecule has 0 unspecified atom stereocenters. The van der Waals surface area contributed by atoms with E-state index in [0.29, 0.717) is 5.52 Å². The van der Waals surface area contributed by atoms with E-state index in [4.69, 9.17) is 10.5 Å². The summed E-state index contributed by atoms with van der Waals surface area (Å²) in [5, 5.41) is 17.9. The molecule has 1 heterocycles. The van der Waals surface area contributed by atoms with Crippen LogP contribution in [-0.4, -0.2) is 63.7 Å². The molecule has 236 valence electrons. The molecule has 4 amide bonds. The Hall–Kier alpha value is -4.55. The van der Waals surface area contributed by atoms with Gasteiger partial charge in [-0.3, -0.25) is 19.8 Å². The number of benzene rings is 2. The molecule has 1 aromatic heterocycles. The van der Waals surface area contributed by atoms with Crippen LogP contribution in [0.5, 0.6) is 0 Å². The van der Waals surface area contributed by atoms with Crippen molar-refractivity contribution in [2.45, 2.75) is 70.7 Å². The van der Waals surface area contributed by atoms with E-state index in [1.54, 1.807) is 39.0 Å². The summed E-state index contributed by atoms with van der Waals surface area (Å²) in [6.07, 6.45) is -2.29. The van der Waals surface area contributed by atoms with Crippen LogP contribution in [-0.2, 0) is 20.7 Å². The molecule has 0 bridgehead atoms. The molecular formula is C32H42N6O6. The third-order valence-corrected chi connectivity index (χ3v) is 7.06. The number of aliphatic hydroxyl groups excluding tert-OH is 1. The van der Waals surface area contributed by atoms with Crippen LogP contribution in [0.15, 0.2) is 66.7 Å². The highest BCUT2D eigenvalue weighted by molar-refractivity contribution is 5.99. The number of carbonyl (C=O) groups excluding carboxylic acids is 4. The average molecular weight is 607 g/mol. The molecule has 12 nitrogen and oxygen atoms in total. The summed E-state index contributed by atoms with van der Waals surface area (Å²) < 4.78 is 5.23. The van der Waals surface area contributed by atoms with E-state index in [1.807, 2.05) is 56.3 Å². The monoisotopic (exact) mass is 606 g/mol. The maximum atomic E-state index is 13.8. The quantitative estimate of drug-likeness (QED) is 0.160. The Morgan fingerprint density at radius 3 is 2.25 bits per heavy atom. The Kier molecular flexibility index (Phi) is 11.4. The molecule has 0 aliphatic carbocycles. The van der Waals surface area contributed by atoms with Crippen LogP contribution in [0.25, 0.3) is 10.9 Å². The number of hydrogen-bond acceptors (Lipinski definition) is 8. The van der Waals surface area contributed by atoms with Crippen molar-refractivity contribution in [3.63, 3.8) is 0 Å². The lowest BCUT2D eigenvalue weighted by molar-refractivity contribution is -0.130. The van der Waals surface area contributed by atoms with Gasteiger partial charge in [0.05, 0.1) is 23.6 Å². The zero-order chi connectivity index (χ0) is 32.5. The molecule has 0 fully saturated rings. The smallest absolute Gasteiger partial charge is 0.422 e. The number of fused-ring (bicyclic) bond motifs is 1. The van der Waals surface area contributed by atoms with Crippen LogP contribution in [0.3, 0.4) is 0 Å². The van der Waals surface area contributed by atoms with Crippen molar-refractivity contribution < 1.29 is 29.0 Å². The number of pyridine rings is 1. The number of hydrogen-bond donors (Lipinski definition) is 6. The molecular weight excluding hydrogens is 564 g/mol. The van der Waals surface area contributed by atoms with E-state index in [9.17, 15) is 24.3 Å². The standard InChI is InChI=1S/C32H42N6O6/c1-20(2)32(18-21-11-7-6-8-12-21,26(39)19-34-38-30(43)44-31(3,4)5)37-29(42)25(17-27(33)40)36-28(41)24-16-15-22-13-9-10-14-23(22)35-24/h6-16,20,25-26,34,39H,17-19H2,1-5H3,(H2,33,40)(H,36,41)(H,37,42)(H,38,43)/t25-,26-,32-/m0/s1. The zero-order valence-electron chi connectivity index (χ0n) is 25.7. The maximum absolute atomic E-state index is 13.8. The molecule has 0 saturated heterocycles. The van der Waals surface area contributed by atoms with E-state index in [0.717, 1.165) is 10.9 Å². The van der Waals surface area contributed by atoms with Crippen molar-refractivity contribution in [2.75, 3.05) is 6.54 Å². The van der Waals surface area contributed by atoms with E-state index in [1.165, 1.54) is 6.07 Å². The molecule has 44 heavy (non-hydrogen) atoms. The van der Waals surface area contributed by atoms with Gasteiger partial charge >= 0.3 is 6.09 Å². The van der Waals surface area contributed by atoms with Gasteiger partial charge in [0, 0.05) is 11.9 Å². The van der Waals surface area contributed by atoms with Gasteiger partial charge in [0.1, 0.15) is 17.3 Å². The van der Waals surface area contributed by atoms with Gasteiger partial charge in [0.15, 0.2) is 0 Å². The van der Waals surface area contributed by atoms with Crippen LogP contribution in [0.1, 0.15) is 57.1 Å². The number of carbonyl (C=O) groups is 4. The SMILES string of the molecule is CC(C)[C@](Cc1ccccc1)(NC(=O)[C@H](CC(N)=O)NC(=O)c1ccc2ccccc2n1)[C@@H](O)CNNC(=O)OC(C)(C)C. The Balaban J connectivity index is 1.87. The Labute approximate surface area is 257 Å². The predicted molar refractivity (Wildman–Crippen MR) is 166 cm³/mol. The second-order valence-corrected chi connectivity index (χ2v) is 12.0. The van der Waals surface area contributed by atoms with Crippen molar-refractivity contribution in [1.29, 1.82) is 0 Å². The number of para-hydroxylation sites is 1. The summed E-state index contributed by atoms with van der Waals surface area (Å²) >= 11 is 0. The van der Waals surface area contributed by atoms with Gasteiger partial charge in [0.2, 0.25) is 11.8 Å². The van der Waals surface area contributed by atoms with Crippen molar-refractivity contribution in [1.82, 2.24) is 26.5 Å². The number of rotatable bonds is 13. The van der Waals surface area contributed by atoms with Crippen LogP contribution in [0, 0.1) is 5.92 Å². The number of ether oxygens (including phenoxy) is 1. The highest BCUT2D eigenvalue weighted by atomic mass is 16.6. The topological polar surface area (TPSA) is 185 Å². The molecule has 3 rings (SSSR count). The summed E-state index contributed by atoms with van der Waals surface area (Å²) in [6, 6.07) is 18.4. The van der Waals surface area contributed by atoms with Crippen LogP contribution >= 0.6 is 0 Å². The molecule has 0 spiro atoms. The number of aromatic nitrogens is 1. The second-order valence-electron chi connectivity index (χ2n) is 12.0. The van der Waals surface area contributed by atoms with Gasteiger partial charge < -0.3 is 26.2 Å². The van der Waals surface area contributed by atoms with E-state index in [-0.39, 0.29) is 24.6 Å². The number of nitrogens with zero attached hydrogens (tertiary/aromatic N) is 1. The first-order valence-electron chi connectivity index (χ1n) is 14.4. The van der Waals surface area contributed by atoms with Crippen LogP contribution in [0.2, 0.25) is 0 Å². The molecule has 2 aromatic carbocycles. The Bertz CT molecular complexity index is 1460. The summed E-state index contributed by atoms with van der Waals surface area (Å²) in [5.74, 6) is -2.56. The van der Waals surface area contributed by atoms with Crippen molar-refractivity contribution in [3.05, 3.63) is 78.0 Å². The van der Waals surface area contributed by atoms with E-state index < -0.39 is 53.5 Å². The Morgan fingerprint density at radius 1 is 0.955 bits per heavy atom. The first kappa shape index (κ1) is 33.9. The number of primary amides is 1. The summed E-state index contributed by atoms with van der Waals surface area (Å²) in [4.78, 5) is 55.5. The molecule has 0 saturated carbocycles. The molecule has 3 atom stereocenters. The largest absolute Gasteiger partial charge is 0.443 e. The van der Waals surface area contributed by atoms with Crippen molar-refractivity contribution >= 4 is 34.7 Å². The molecule has 3 aromatic rings. The van der Waals surface area contributed by atoms with Gasteiger partial charge in [-0.25, -0.2) is 15.2 Å². The van der Waals surface area contributed by atoms with Crippen LogP contribution < -0.4 is 27.2 Å². The number of aliphatic hydroxyl groups is 1. The molecule has 7 N–H and O–H groups in total. The lowest BCUT2D eigenvalue weighted by Gasteiger charge is -2.43. The summed E-state index contributed by atoms with van der Waals surface area (Å²) in [5.41, 5.74) is 9.96. The van der Waals surface area contributed by atoms with Gasteiger partial charge in [-0.05, 0) is 50.8 Å². The van der Waals surface area contributed by atoms with Crippen molar-refractivity contribution in [2.24, 2.45) is 11.7 Å². The lowest BCUT2D eigenvalue weighted by atomic mass is 9.76. The average Bonchev–Trinajstić information content (AvgIpc) is 2.95. The molecule has 0 radical (unpaired) electrons. The third-order valence-electron chi connectivity index (χ3n) is 7.06. The van der Waals surface area contributed by atoms with Gasteiger partial charge in [-0.1, -0.05) is 68.4 Å². The molecule has 0 aliphatic rings. The number of nitrogens with one attached hydrogen (secondary N) is 4. The highest BCUT2D eigenvalue weighted by Crippen LogP contribution is 2.27. The van der Waals surface area contributed by atoms with E-state index >= 15 is 0 Å². The maximum Gasteiger partial charge on any atom is 0.422 e. The fourth-order valence-corrected chi connectivity index (χ4v) is 4.77. The molecule has 0 aliphatic heterocycles. The fraction of sp³-hybridized carbons (Fsp3) is 0.406. The third kappa shape index (κ3) is 9.48. The zero-order valence-corrected chi connectivity index (χ0v) is 25.7. The first-order valence-corrected chi connectivity index (χ1v) is 14.4. The predicted octanol–water partition coefficient (Wildman–Crippen LogP) is 2.35. The van der Waals surface area contributed by atoms with Gasteiger partial charge in [-0.2, -0.15) is 0 Å². The Morgan fingerprint density at radius 2 is 1.61 bits per heavy atom. The number of hydrazine groups is 1. The van der Waals surface area contributed by atoms with Crippen molar-refractivity contribution in [3.8, 4) is 0 Å². The number of amides is 4. The van der Waals surface area contributed by atoms with E-state index in [2.05, 4.69) is 26.5 Å². The molecule has 12 heteroatoms. The normalized spacial score (nSPS) is 14.2. The summed E-state index contributed by atoms with van der Waals surface area (Å²) in [6.45, 7) is 8.65. The van der Waals surface area contributed by atoms with Crippen LogP contribution in [0.4, 0.5) is 4.79 Å². The second kappa shape index (κ2) is 14.8. The first-order chi connectivity index (χ1) is 20.7. The summed E-state index contributed by atoms with van der Waals surface area (Å²) in [7, 11) is 0. The minimum Gasteiger partial charge on any atom is -0.443 e. The number of nitrogens with two attached hydrogens (primary N) is 1.